The van der Waals surface area contributed by atoms with Crippen molar-refractivity contribution in [2.24, 2.45) is 5.92 Å². The summed E-state index contributed by atoms with van der Waals surface area (Å²) in [5.41, 5.74) is 2.39. The van der Waals surface area contributed by atoms with E-state index in [1.165, 1.54) is 11.1 Å². The summed E-state index contributed by atoms with van der Waals surface area (Å²) in [6.07, 6.45) is 1.58. The second-order valence-corrected chi connectivity index (χ2v) is 4.86. The van der Waals surface area contributed by atoms with E-state index in [0.29, 0.717) is 18.1 Å². The lowest BCUT2D eigenvalue weighted by atomic mass is 9.67. The number of benzene rings is 1. The maximum Gasteiger partial charge on any atom is 0.161 e. The first-order valence-corrected chi connectivity index (χ1v) is 6.37. The summed E-state index contributed by atoms with van der Waals surface area (Å²) < 4.78 is 10.6. The summed E-state index contributed by atoms with van der Waals surface area (Å²) in [5, 5.41) is 0. The highest BCUT2D eigenvalue weighted by Crippen LogP contribution is 2.45. The Kier molecular flexibility index (Phi) is 3.60. The zero-order valence-corrected chi connectivity index (χ0v) is 11.4. The topological polar surface area (TPSA) is 35.5 Å². The largest absolute Gasteiger partial charge is 0.493 e. The molecule has 0 saturated heterocycles. The second-order valence-electron chi connectivity index (χ2n) is 4.86. The molecule has 1 saturated carbocycles. The molecule has 1 fully saturated rings. The van der Waals surface area contributed by atoms with Gasteiger partial charge in [-0.2, -0.15) is 0 Å². The van der Waals surface area contributed by atoms with Crippen LogP contribution in [0.15, 0.2) is 12.1 Å². The first-order valence-electron chi connectivity index (χ1n) is 6.37. The highest BCUT2D eigenvalue weighted by atomic mass is 16.5. The van der Waals surface area contributed by atoms with Crippen molar-refractivity contribution in [2.45, 2.75) is 32.6 Å². The molecule has 0 radical (unpaired) electrons. The molecule has 0 amide bonds. The van der Waals surface area contributed by atoms with Crippen molar-refractivity contribution in [1.29, 1.82) is 0 Å². The Morgan fingerprint density at radius 1 is 1.22 bits per heavy atom. The van der Waals surface area contributed by atoms with Crippen LogP contribution >= 0.6 is 0 Å². The predicted octanol–water partition coefficient (Wildman–Crippen LogP) is 3.09. The first-order chi connectivity index (χ1) is 8.62. The molecule has 98 valence electrons. The number of carbonyl (C=O) groups is 1. The van der Waals surface area contributed by atoms with Crippen molar-refractivity contribution in [3.05, 3.63) is 23.3 Å². The number of aryl methyl sites for hydroxylation is 1. The monoisotopic (exact) mass is 248 g/mol. The molecule has 1 aliphatic carbocycles. The number of Topliss-reactive ketones (excluding diaryl/α,β-unsaturated/α-hetero) is 1. The molecule has 2 unspecified atom stereocenters. The lowest BCUT2D eigenvalue weighted by Gasteiger charge is -2.36. The van der Waals surface area contributed by atoms with Crippen LogP contribution in [-0.2, 0) is 4.79 Å². The molecule has 0 N–H and O–H groups in total. The molecule has 3 heteroatoms. The average Bonchev–Trinajstić information content (AvgIpc) is 2.36. The summed E-state index contributed by atoms with van der Waals surface area (Å²) in [7, 11) is 3.28. The quantitative estimate of drug-likeness (QED) is 0.821. The van der Waals surface area contributed by atoms with Gasteiger partial charge < -0.3 is 9.47 Å². The smallest absolute Gasteiger partial charge is 0.161 e. The Balaban J connectivity index is 2.37. The standard InChI is InChI=1S/C15H20O3/c1-5-10-12(7-13(10)16)11-8-15(18-4)14(17-3)6-9(11)2/h6,8,10,12H,5,7H2,1-4H3. The van der Waals surface area contributed by atoms with E-state index < -0.39 is 0 Å². The van der Waals surface area contributed by atoms with Gasteiger partial charge in [0.1, 0.15) is 5.78 Å². The molecule has 0 bridgehead atoms. The maximum absolute atomic E-state index is 11.6. The van der Waals surface area contributed by atoms with Gasteiger partial charge in [0.25, 0.3) is 0 Å². The Bertz CT molecular complexity index is 465. The Morgan fingerprint density at radius 3 is 2.33 bits per heavy atom. The van der Waals surface area contributed by atoms with Gasteiger partial charge in [-0.1, -0.05) is 6.92 Å². The molecule has 1 aromatic rings. The Morgan fingerprint density at radius 2 is 1.83 bits per heavy atom. The van der Waals surface area contributed by atoms with E-state index in [-0.39, 0.29) is 5.92 Å². The van der Waals surface area contributed by atoms with Crippen molar-refractivity contribution in [3.8, 4) is 11.5 Å². The predicted molar refractivity (Wildman–Crippen MR) is 70.4 cm³/mol. The van der Waals surface area contributed by atoms with Crippen molar-refractivity contribution in [2.75, 3.05) is 14.2 Å². The molecule has 0 heterocycles. The van der Waals surface area contributed by atoms with Gasteiger partial charge in [-0.3, -0.25) is 4.79 Å². The van der Waals surface area contributed by atoms with Crippen molar-refractivity contribution in [3.63, 3.8) is 0 Å². The SMILES string of the molecule is CCC1C(=O)CC1c1cc(OC)c(OC)cc1C. The second kappa shape index (κ2) is 5.01. The fourth-order valence-corrected chi connectivity index (χ4v) is 2.81. The van der Waals surface area contributed by atoms with Crippen LogP contribution in [0.1, 0.15) is 36.8 Å². The van der Waals surface area contributed by atoms with Gasteiger partial charge in [-0.05, 0) is 36.6 Å². The van der Waals surface area contributed by atoms with Gasteiger partial charge in [-0.15, -0.1) is 0 Å². The highest BCUT2D eigenvalue weighted by molar-refractivity contribution is 5.89. The van der Waals surface area contributed by atoms with E-state index in [0.717, 1.165) is 17.9 Å². The molecule has 0 aromatic heterocycles. The zero-order valence-electron chi connectivity index (χ0n) is 11.4. The minimum absolute atomic E-state index is 0.182. The van der Waals surface area contributed by atoms with E-state index in [2.05, 4.69) is 13.8 Å². The van der Waals surface area contributed by atoms with Gasteiger partial charge in [0.05, 0.1) is 14.2 Å². The van der Waals surface area contributed by atoms with Crippen molar-refractivity contribution in [1.82, 2.24) is 0 Å². The van der Waals surface area contributed by atoms with Crippen LogP contribution in [0.25, 0.3) is 0 Å². The number of carbonyl (C=O) groups excluding carboxylic acids is 1. The molecule has 2 rings (SSSR count). The number of rotatable bonds is 4. The van der Waals surface area contributed by atoms with E-state index in [1.54, 1.807) is 14.2 Å². The van der Waals surface area contributed by atoms with Crippen LogP contribution < -0.4 is 9.47 Å². The molecule has 2 atom stereocenters. The first kappa shape index (κ1) is 12.9. The molecular weight excluding hydrogens is 228 g/mol. The average molecular weight is 248 g/mol. The van der Waals surface area contributed by atoms with E-state index in [4.69, 9.17) is 9.47 Å². The molecular formula is C15H20O3. The van der Waals surface area contributed by atoms with Gasteiger partial charge in [-0.25, -0.2) is 0 Å². The Labute approximate surface area is 108 Å². The van der Waals surface area contributed by atoms with Crippen LogP contribution in [0.2, 0.25) is 0 Å². The summed E-state index contributed by atoms with van der Waals surface area (Å²) in [4.78, 5) is 11.6. The number of methoxy groups -OCH3 is 2. The number of hydrogen-bond acceptors (Lipinski definition) is 3. The van der Waals surface area contributed by atoms with E-state index >= 15 is 0 Å². The fraction of sp³-hybridized carbons (Fsp3) is 0.533. The lowest BCUT2D eigenvalue weighted by molar-refractivity contribution is -0.131. The van der Waals surface area contributed by atoms with Gasteiger partial charge in [0.15, 0.2) is 11.5 Å². The molecule has 3 nitrogen and oxygen atoms in total. The van der Waals surface area contributed by atoms with Gasteiger partial charge >= 0.3 is 0 Å². The van der Waals surface area contributed by atoms with Crippen molar-refractivity contribution < 1.29 is 14.3 Å². The van der Waals surface area contributed by atoms with Crippen LogP contribution in [0, 0.1) is 12.8 Å². The molecule has 0 spiro atoms. The van der Waals surface area contributed by atoms with Gasteiger partial charge in [0.2, 0.25) is 0 Å². The van der Waals surface area contributed by atoms with Crippen LogP contribution in [0.4, 0.5) is 0 Å². The maximum atomic E-state index is 11.6. The van der Waals surface area contributed by atoms with Crippen LogP contribution in [0.5, 0.6) is 11.5 Å². The summed E-state index contributed by atoms with van der Waals surface area (Å²) in [6, 6.07) is 4.01. The third-order valence-electron chi connectivity index (χ3n) is 3.93. The number of ketones is 1. The van der Waals surface area contributed by atoms with Crippen molar-refractivity contribution >= 4 is 5.78 Å². The fourth-order valence-electron chi connectivity index (χ4n) is 2.81. The lowest BCUT2D eigenvalue weighted by Crippen LogP contribution is -2.35. The number of ether oxygens (including phenoxy) is 2. The van der Waals surface area contributed by atoms with Crippen LogP contribution in [0.3, 0.4) is 0 Å². The molecule has 1 aromatic carbocycles. The Hall–Kier alpha value is -1.51. The van der Waals surface area contributed by atoms with Gasteiger partial charge in [0, 0.05) is 18.3 Å². The minimum atomic E-state index is 0.182. The third kappa shape index (κ3) is 1.98. The van der Waals surface area contributed by atoms with Crippen LogP contribution in [-0.4, -0.2) is 20.0 Å². The third-order valence-corrected chi connectivity index (χ3v) is 3.93. The normalized spacial score (nSPS) is 22.6. The highest BCUT2D eigenvalue weighted by Gasteiger charge is 2.40. The molecule has 18 heavy (non-hydrogen) atoms. The zero-order chi connectivity index (χ0) is 13.3. The van der Waals surface area contributed by atoms with E-state index in [9.17, 15) is 4.79 Å². The summed E-state index contributed by atoms with van der Waals surface area (Å²) >= 11 is 0. The molecule has 0 aliphatic heterocycles. The summed E-state index contributed by atoms with van der Waals surface area (Å²) in [6.45, 7) is 4.14. The summed E-state index contributed by atoms with van der Waals surface area (Å²) in [5.74, 6) is 2.41. The van der Waals surface area contributed by atoms with E-state index in [1.807, 2.05) is 12.1 Å². The molecule has 1 aliphatic rings. The number of hydrogen-bond donors (Lipinski definition) is 0. The minimum Gasteiger partial charge on any atom is -0.493 e.